The Morgan fingerprint density at radius 2 is 2.26 bits per heavy atom. The van der Waals surface area contributed by atoms with Gasteiger partial charge in [0.05, 0.1) is 12.7 Å². The number of rotatable bonds is 8. The van der Waals surface area contributed by atoms with Gasteiger partial charge in [-0.05, 0) is 26.2 Å². The number of nitrogens with zero attached hydrogens (tertiary/aromatic N) is 1. The second kappa shape index (κ2) is 8.12. The largest absolute Gasteiger partial charge is 0.480 e. The Hall–Kier alpha value is -1.14. The third-order valence-electron chi connectivity index (χ3n) is 3.04. The van der Waals surface area contributed by atoms with Crippen molar-refractivity contribution in [2.45, 2.75) is 45.3 Å². The molecule has 0 bridgehead atoms. The molecule has 2 unspecified atom stereocenters. The van der Waals surface area contributed by atoms with Gasteiger partial charge in [0, 0.05) is 13.2 Å². The van der Waals surface area contributed by atoms with Crippen molar-refractivity contribution in [3.8, 4) is 0 Å². The number of hydrogen-bond donors (Lipinski definition) is 1. The van der Waals surface area contributed by atoms with Gasteiger partial charge >= 0.3 is 5.97 Å². The fourth-order valence-electron chi connectivity index (χ4n) is 2.06. The van der Waals surface area contributed by atoms with E-state index in [2.05, 4.69) is 0 Å². The Kier molecular flexibility index (Phi) is 6.80. The van der Waals surface area contributed by atoms with Gasteiger partial charge in [-0.2, -0.15) is 0 Å². The molecule has 1 heterocycles. The van der Waals surface area contributed by atoms with E-state index in [9.17, 15) is 9.59 Å². The number of carboxylic acids is 1. The van der Waals surface area contributed by atoms with Crippen LogP contribution in [0.5, 0.6) is 0 Å². The second-order valence-electron chi connectivity index (χ2n) is 4.76. The van der Waals surface area contributed by atoms with Gasteiger partial charge in [-0.25, -0.2) is 0 Å². The number of carbonyl (C=O) groups excluding carboxylic acids is 1. The molecule has 0 spiro atoms. The van der Waals surface area contributed by atoms with Crippen LogP contribution in [-0.4, -0.2) is 60.4 Å². The Balaban J connectivity index is 2.40. The van der Waals surface area contributed by atoms with E-state index in [-0.39, 0.29) is 18.6 Å². The maximum atomic E-state index is 12.1. The van der Waals surface area contributed by atoms with Crippen molar-refractivity contribution >= 4 is 11.9 Å². The fourth-order valence-corrected chi connectivity index (χ4v) is 2.06. The molecule has 0 aromatic carbocycles. The lowest BCUT2D eigenvalue weighted by atomic mass is 10.2. The summed E-state index contributed by atoms with van der Waals surface area (Å²) in [7, 11) is 0. The smallest absolute Gasteiger partial charge is 0.323 e. The van der Waals surface area contributed by atoms with Crippen molar-refractivity contribution in [2.24, 2.45) is 0 Å². The van der Waals surface area contributed by atoms with Crippen LogP contribution in [0.3, 0.4) is 0 Å². The molecule has 19 heavy (non-hydrogen) atoms. The zero-order valence-electron chi connectivity index (χ0n) is 11.6. The summed E-state index contributed by atoms with van der Waals surface area (Å²) in [5.74, 6) is -1.28. The summed E-state index contributed by atoms with van der Waals surface area (Å²) >= 11 is 0. The van der Waals surface area contributed by atoms with E-state index in [4.69, 9.17) is 14.6 Å². The number of carbonyl (C=O) groups is 2. The zero-order valence-corrected chi connectivity index (χ0v) is 11.6. The summed E-state index contributed by atoms with van der Waals surface area (Å²) in [6.45, 7) is 4.85. The minimum atomic E-state index is -1.01. The first kappa shape index (κ1) is 15.9. The fraction of sp³-hybridized carbons (Fsp3) is 0.846. The van der Waals surface area contributed by atoms with Crippen molar-refractivity contribution in [1.82, 2.24) is 4.90 Å². The van der Waals surface area contributed by atoms with Crippen molar-refractivity contribution in [2.75, 3.05) is 26.3 Å². The molecule has 1 amide bonds. The highest BCUT2D eigenvalue weighted by Crippen LogP contribution is 2.13. The molecule has 1 N–H and O–H groups in total. The van der Waals surface area contributed by atoms with Crippen LogP contribution in [0, 0.1) is 0 Å². The molecule has 6 nitrogen and oxygen atoms in total. The first-order chi connectivity index (χ1) is 9.04. The summed E-state index contributed by atoms with van der Waals surface area (Å²) in [5.41, 5.74) is 0. The maximum absolute atomic E-state index is 12.1. The van der Waals surface area contributed by atoms with Gasteiger partial charge in [0.2, 0.25) is 0 Å². The van der Waals surface area contributed by atoms with Crippen molar-refractivity contribution < 1.29 is 24.2 Å². The van der Waals surface area contributed by atoms with Crippen LogP contribution in [0.2, 0.25) is 0 Å². The zero-order chi connectivity index (χ0) is 14.3. The van der Waals surface area contributed by atoms with E-state index >= 15 is 0 Å². The number of amides is 1. The normalized spacial score (nSPS) is 20.2. The van der Waals surface area contributed by atoms with Gasteiger partial charge < -0.3 is 19.5 Å². The van der Waals surface area contributed by atoms with Crippen LogP contribution in [0.25, 0.3) is 0 Å². The molecule has 0 saturated carbocycles. The highest BCUT2D eigenvalue weighted by atomic mass is 16.5. The Morgan fingerprint density at radius 3 is 2.79 bits per heavy atom. The van der Waals surface area contributed by atoms with Crippen LogP contribution in [0.1, 0.15) is 33.1 Å². The first-order valence-electron chi connectivity index (χ1n) is 6.78. The van der Waals surface area contributed by atoms with Crippen molar-refractivity contribution in [1.29, 1.82) is 0 Å². The minimum absolute atomic E-state index is 0.0642. The van der Waals surface area contributed by atoms with Crippen molar-refractivity contribution in [3.63, 3.8) is 0 Å². The predicted molar refractivity (Wildman–Crippen MR) is 68.9 cm³/mol. The van der Waals surface area contributed by atoms with Gasteiger partial charge in [0.1, 0.15) is 12.6 Å². The SMILES string of the molecule is CCCN(CC(=O)O)C(=O)C(C)OCC1CCCO1. The molecule has 1 saturated heterocycles. The van der Waals surface area contributed by atoms with Crippen LogP contribution < -0.4 is 0 Å². The molecule has 1 aliphatic rings. The van der Waals surface area contributed by atoms with Crippen LogP contribution in [-0.2, 0) is 19.1 Å². The Bertz CT molecular complexity index is 301. The standard InChI is InChI=1S/C13H23NO5/c1-3-6-14(8-12(15)16)13(17)10(2)19-9-11-5-4-7-18-11/h10-11H,3-9H2,1-2H3,(H,15,16). The minimum Gasteiger partial charge on any atom is -0.480 e. The van der Waals surface area contributed by atoms with Crippen LogP contribution in [0.15, 0.2) is 0 Å². The van der Waals surface area contributed by atoms with Gasteiger partial charge in [0.25, 0.3) is 5.91 Å². The Morgan fingerprint density at radius 1 is 1.53 bits per heavy atom. The summed E-state index contributed by atoms with van der Waals surface area (Å²) in [6, 6.07) is 0. The summed E-state index contributed by atoms with van der Waals surface area (Å²) in [5, 5.41) is 8.79. The van der Waals surface area contributed by atoms with Crippen molar-refractivity contribution in [3.05, 3.63) is 0 Å². The van der Waals surface area contributed by atoms with Gasteiger partial charge in [0.15, 0.2) is 0 Å². The summed E-state index contributed by atoms with van der Waals surface area (Å²) in [6.07, 6.45) is 2.13. The average Bonchev–Trinajstić information content (AvgIpc) is 2.87. The average molecular weight is 273 g/mol. The first-order valence-corrected chi connectivity index (χ1v) is 6.78. The van der Waals surface area contributed by atoms with E-state index in [0.29, 0.717) is 13.2 Å². The maximum Gasteiger partial charge on any atom is 0.323 e. The molecule has 0 radical (unpaired) electrons. The summed E-state index contributed by atoms with van der Waals surface area (Å²) in [4.78, 5) is 24.1. The third kappa shape index (κ3) is 5.57. The van der Waals surface area contributed by atoms with E-state index in [1.54, 1.807) is 6.92 Å². The molecular formula is C13H23NO5. The van der Waals surface area contributed by atoms with E-state index in [1.807, 2.05) is 6.92 Å². The molecule has 0 aromatic heterocycles. The molecule has 0 aliphatic carbocycles. The third-order valence-corrected chi connectivity index (χ3v) is 3.04. The molecule has 2 atom stereocenters. The van der Waals surface area contributed by atoms with E-state index in [0.717, 1.165) is 25.9 Å². The molecule has 0 aromatic rings. The second-order valence-corrected chi connectivity index (χ2v) is 4.76. The number of carboxylic acid groups (broad SMARTS) is 1. The van der Waals surface area contributed by atoms with Crippen LogP contribution >= 0.6 is 0 Å². The summed E-state index contributed by atoms with van der Waals surface area (Å²) < 4.78 is 10.9. The van der Waals surface area contributed by atoms with E-state index in [1.165, 1.54) is 4.90 Å². The topological polar surface area (TPSA) is 76.1 Å². The molecule has 1 aliphatic heterocycles. The molecule has 1 rings (SSSR count). The molecular weight excluding hydrogens is 250 g/mol. The highest BCUT2D eigenvalue weighted by molar-refractivity contribution is 5.84. The van der Waals surface area contributed by atoms with Crippen LogP contribution in [0.4, 0.5) is 0 Å². The number of ether oxygens (including phenoxy) is 2. The molecule has 110 valence electrons. The van der Waals surface area contributed by atoms with Gasteiger partial charge in [-0.15, -0.1) is 0 Å². The molecule has 1 fully saturated rings. The monoisotopic (exact) mass is 273 g/mol. The lowest BCUT2D eigenvalue weighted by Crippen LogP contribution is -2.43. The number of hydrogen-bond acceptors (Lipinski definition) is 4. The predicted octanol–water partition coefficient (Wildman–Crippen LogP) is 0.894. The van der Waals surface area contributed by atoms with Gasteiger partial charge in [-0.3, -0.25) is 9.59 Å². The van der Waals surface area contributed by atoms with Gasteiger partial charge in [-0.1, -0.05) is 6.92 Å². The molecule has 6 heteroatoms. The lowest BCUT2D eigenvalue weighted by molar-refractivity contribution is -0.151. The quantitative estimate of drug-likeness (QED) is 0.711. The lowest BCUT2D eigenvalue weighted by Gasteiger charge is -2.24. The van der Waals surface area contributed by atoms with E-state index < -0.39 is 12.1 Å². The Labute approximate surface area is 113 Å². The number of aliphatic carboxylic acids is 1. The highest BCUT2D eigenvalue weighted by Gasteiger charge is 2.24.